The minimum Gasteiger partial charge on any atom is -0.497 e. The van der Waals surface area contributed by atoms with Crippen LogP contribution in [-0.4, -0.2) is 27.2 Å². The maximum absolute atomic E-state index is 5.47. The first-order valence-electron chi connectivity index (χ1n) is 6.33. The molecule has 0 aliphatic carbocycles. The summed E-state index contributed by atoms with van der Waals surface area (Å²) in [5.41, 5.74) is 6.68. The molecule has 0 radical (unpaired) electrons. The largest absolute Gasteiger partial charge is 0.497 e. The quantitative estimate of drug-likeness (QED) is 0.705. The Bertz CT molecular complexity index is 315. The van der Waals surface area contributed by atoms with Gasteiger partial charge in [-0.3, -0.25) is 0 Å². The standard InChI is InChI=1S/C14H24N2O/c1-16(11-6-4-3-5-10-15)13-8-7-9-14(12-13)17-2/h7-9,12H,3-6,10-11,15H2,1-2H3. The highest BCUT2D eigenvalue weighted by Crippen LogP contribution is 2.20. The highest BCUT2D eigenvalue weighted by atomic mass is 16.5. The zero-order chi connectivity index (χ0) is 12.5. The molecule has 0 aliphatic rings. The predicted octanol–water partition coefficient (Wildman–Crippen LogP) is 2.65. The molecule has 96 valence electrons. The number of nitrogens with zero attached hydrogens (tertiary/aromatic N) is 1. The molecule has 0 unspecified atom stereocenters. The maximum atomic E-state index is 5.47. The van der Waals surface area contributed by atoms with E-state index in [1.165, 1.54) is 24.9 Å². The fourth-order valence-corrected chi connectivity index (χ4v) is 1.82. The summed E-state index contributed by atoms with van der Waals surface area (Å²) in [6.45, 7) is 1.89. The highest BCUT2D eigenvalue weighted by molar-refractivity contribution is 5.49. The predicted molar refractivity (Wildman–Crippen MR) is 73.8 cm³/mol. The van der Waals surface area contributed by atoms with Gasteiger partial charge in [0.25, 0.3) is 0 Å². The molecule has 0 saturated carbocycles. The second-order valence-corrected chi connectivity index (χ2v) is 4.33. The van der Waals surface area contributed by atoms with E-state index in [2.05, 4.69) is 24.1 Å². The van der Waals surface area contributed by atoms with Gasteiger partial charge in [0.2, 0.25) is 0 Å². The Kier molecular flexibility index (Phi) is 6.48. The molecule has 0 aliphatic heterocycles. The second-order valence-electron chi connectivity index (χ2n) is 4.33. The molecule has 1 aromatic rings. The molecule has 0 heterocycles. The van der Waals surface area contributed by atoms with Gasteiger partial charge in [-0.25, -0.2) is 0 Å². The van der Waals surface area contributed by atoms with Crippen molar-refractivity contribution in [2.75, 3.05) is 32.1 Å². The van der Waals surface area contributed by atoms with Crippen LogP contribution in [0.3, 0.4) is 0 Å². The number of hydrogen-bond donors (Lipinski definition) is 1. The van der Waals surface area contributed by atoms with E-state index < -0.39 is 0 Å². The zero-order valence-electron chi connectivity index (χ0n) is 11.0. The Labute approximate surface area is 105 Å². The molecule has 0 fully saturated rings. The first-order valence-corrected chi connectivity index (χ1v) is 6.33. The number of hydrogen-bond acceptors (Lipinski definition) is 3. The number of unbranched alkanes of at least 4 members (excludes halogenated alkanes) is 3. The van der Waals surface area contributed by atoms with Crippen LogP contribution in [0.25, 0.3) is 0 Å². The maximum Gasteiger partial charge on any atom is 0.120 e. The molecule has 17 heavy (non-hydrogen) atoms. The third-order valence-electron chi connectivity index (χ3n) is 2.94. The molecule has 1 aromatic carbocycles. The van der Waals surface area contributed by atoms with Crippen LogP contribution in [-0.2, 0) is 0 Å². The highest BCUT2D eigenvalue weighted by Gasteiger charge is 2.01. The Morgan fingerprint density at radius 3 is 2.65 bits per heavy atom. The van der Waals surface area contributed by atoms with Gasteiger partial charge in [0.15, 0.2) is 0 Å². The molecular formula is C14H24N2O. The van der Waals surface area contributed by atoms with Crippen LogP contribution >= 0.6 is 0 Å². The molecule has 0 aromatic heterocycles. The van der Waals surface area contributed by atoms with Crippen LogP contribution < -0.4 is 15.4 Å². The summed E-state index contributed by atoms with van der Waals surface area (Å²) >= 11 is 0. The van der Waals surface area contributed by atoms with Crippen LogP contribution in [0.15, 0.2) is 24.3 Å². The summed E-state index contributed by atoms with van der Waals surface area (Å²) in [6.07, 6.45) is 4.85. The van der Waals surface area contributed by atoms with Gasteiger partial charge >= 0.3 is 0 Å². The third kappa shape index (κ3) is 5.09. The number of ether oxygens (including phenoxy) is 1. The van der Waals surface area contributed by atoms with Crippen LogP contribution in [0.5, 0.6) is 5.75 Å². The van der Waals surface area contributed by atoms with E-state index in [-0.39, 0.29) is 0 Å². The molecule has 0 atom stereocenters. The lowest BCUT2D eigenvalue weighted by Crippen LogP contribution is -2.18. The monoisotopic (exact) mass is 236 g/mol. The van der Waals surface area contributed by atoms with Gasteiger partial charge < -0.3 is 15.4 Å². The Morgan fingerprint density at radius 2 is 1.94 bits per heavy atom. The average molecular weight is 236 g/mol. The topological polar surface area (TPSA) is 38.5 Å². The SMILES string of the molecule is COc1cccc(N(C)CCCCCCN)c1. The molecular weight excluding hydrogens is 212 g/mol. The number of anilines is 1. The van der Waals surface area contributed by atoms with Crippen molar-refractivity contribution in [3.05, 3.63) is 24.3 Å². The van der Waals surface area contributed by atoms with Gasteiger partial charge in [0.1, 0.15) is 5.75 Å². The number of methoxy groups -OCH3 is 1. The zero-order valence-corrected chi connectivity index (χ0v) is 11.0. The lowest BCUT2D eigenvalue weighted by atomic mass is 10.2. The van der Waals surface area contributed by atoms with Crippen molar-refractivity contribution in [1.82, 2.24) is 0 Å². The van der Waals surface area contributed by atoms with Crippen LogP contribution in [0.4, 0.5) is 5.69 Å². The van der Waals surface area contributed by atoms with E-state index in [4.69, 9.17) is 10.5 Å². The van der Waals surface area contributed by atoms with Gasteiger partial charge in [-0.15, -0.1) is 0 Å². The second kappa shape index (κ2) is 7.96. The van der Waals surface area contributed by atoms with Gasteiger partial charge in [-0.2, -0.15) is 0 Å². The number of nitrogens with two attached hydrogens (primary N) is 1. The first-order chi connectivity index (χ1) is 8.27. The molecule has 0 bridgehead atoms. The van der Waals surface area contributed by atoms with Gasteiger partial charge in [0.05, 0.1) is 7.11 Å². The minimum atomic E-state index is 0.811. The van der Waals surface area contributed by atoms with E-state index in [9.17, 15) is 0 Å². The van der Waals surface area contributed by atoms with Crippen molar-refractivity contribution in [3.8, 4) is 5.75 Å². The fourth-order valence-electron chi connectivity index (χ4n) is 1.82. The molecule has 3 nitrogen and oxygen atoms in total. The lowest BCUT2D eigenvalue weighted by Gasteiger charge is -2.19. The van der Waals surface area contributed by atoms with Crippen molar-refractivity contribution < 1.29 is 4.74 Å². The van der Waals surface area contributed by atoms with Crippen molar-refractivity contribution in [2.45, 2.75) is 25.7 Å². The lowest BCUT2D eigenvalue weighted by molar-refractivity contribution is 0.415. The van der Waals surface area contributed by atoms with E-state index in [0.717, 1.165) is 25.3 Å². The smallest absolute Gasteiger partial charge is 0.120 e. The van der Waals surface area contributed by atoms with Crippen LogP contribution in [0, 0.1) is 0 Å². The Morgan fingerprint density at radius 1 is 1.18 bits per heavy atom. The third-order valence-corrected chi connectivity index (χ3v) is 2.94. The normalized spacial score (nSPS) is 10.3. The summed E-state index contributed by atoms with van der Waals surface area (Å²) in [5, 5.41) is 0. The van der Waals surface area contributed by atoms with Gasteiger partial charge in [-0.1, -0.05) is 18.9 Å². The van der Waals surface area contributed by atoms with E-state index >= 15 is 0 Å². The summed E-state index contributed by atoms with van der Waals surface area (Å²) < 4.78 is 5.22. The first kappa shape index (κ1) is 13.8. The van der Waals surface area contributed by atoms with Gasteiger partial charge in [0, 0.05) is 25.3 Å². The Hall–Kier alpha value is -1.22. The molecule has 2 N–H and O–H groups in total. The summed E-state index contributed by atoms with van der Waals surface area (Å²) in [7, 11) is 3.82. The molecule has 0 spiro atoms. The van der Waals surface area contributed by atoms with Crippen LogP contribution in [0.1, 0.15) is 25.7 Å². The summed E-state index contributed by atoms with van der Waals surface area (Å²) in [5.74, 6) is 0.914. The Balaban J connectivity index is 2.33. The number of benzene rings is 1. The molecule has 3 heteroatoms. The molecule has 1 rings (SSSR count). The van der Waals surface area contributed by atoms with Crippen molar-refractivity contribution in [2.24, 2.45) is 5.73 Å². The summed E-state index contributed by atoms with van der Waals surface area (Å²) in [4.78, 5) is 2.27. The van der Waals surface area contributed by atoms with Crippen molar-refractivity contribution >= 4 is 5.69 Å². The van der Waals surface area contributed by atoms with Crippen molar-refractivity contribution in [1.29, 1.82) is 0 Å². The summed E-state index contributed by atoms with van der Waals surface area (Å²) in [6, 6.07) is 8.18. The van der Waals surface area contributed by atoms with Gasteiger partial charge in [-0.05, 0) is 31.5 Å². The van der Waals surface area contributed by atoms with E-state index in [1.807, 2.05) is 12.1 Å². The van der Waals surface area contributed by atoms with E-state index in [0.29, 0.717) is 0 Å². The average Bonchev–Trinajstić information content (AvgIpc) is 2.38. The molecule has 0 saturated heterocycles. The van der Waals surface area contributed by atoms with Crippen LogP contribution in [0.2, 0.25) is 0 Å². The fraction of sp³-hybridized carbons (Fsp3) is 0.571. The minimum absolute atomic E-state index is 0.811. The van der Waals surface area contributed by atoms with E-state index in [1.54, 1.807) is 7.11 Å². The molecule has 0 amide bonds. The van der Waals surface area contributed by atoms with Crippen molar-refractivity contribution in [3.63, 3.8) is 0 Å². The number of rotatable bonds is 8.